The van der Waals surface area contributed by atoms with Gasteiger partial charge in [-0.3, -0.25) is 4.98 Å². The number of hydrogen-bond donors (Lipinski definition) is 1. The number of benzene rings is 1. The van der Waals surface area contributed by atoms with E-state index >= 15 is 0 Å². The van der Waals surface area contributed by atoms with Gasteiger partial charge in [0, 0.05) is 28.7 Å². The van der Waals surface area contributed by atoms with Gasteiger partial charge in [0.2, 0.25) is 0 Å². The van der Waals surface area contributed by atoms with Crippen LogP contribution in [0.5, 0.6) is 0 Å². The predicted molar refractivity (Wildman–Crippen MR) is 79.4 cm³/mol. The van der Waals surface area contributed by atoms with Crippen LogP contribution in [0.15, 0.2) is 30.5 Å². The molecular weight excluding hydrogens is 271 g/mol. The summed E-state index contributed by atoms with van der Waals surface area (Å²) in [5.74, 6) is -1.16. The lowest BCUT2D eigenvalue weighted by molar-refractivity contribution is 0.0527. The number of nitrogen functional groups attached to an aromatic ring is 1. The second-order valence-corrected chi connectivity index (χ2v) is 4.54. The summed E-state index contributed by atoms with van der Waals surface area (Å²) in [6.45, 7) is 3.88. The van der Waals surface area contributed by atoms with Crippen molar-refractivity contribution < 1.29 is 13.9 Å². The molecule has 0 aliphatic rings. The predicted octanol–water partition coefficient (Wildman–Crippen LogP) is 3.21. The molecule has 2 aromatic rings. The number of halogens is 1. The average molecular weight is 288 g/mol. The Kier molecular flexibility index (Phi) is 4.52. The molecule has 2 rings (SSSR count). The molecule has 1 aromatic carbocycles. The number of carbonyl (C=O) groups is 1. The number of pyridine rings is 1. The Morgan fingerprint density at radius 3 is 2.67 bits per heavy atom. The number of nitrogens with two attached hydrogens (primary N) is 1. The summed E-state index contributed by atoms with van der Waals surface area (Å²) in [5, 5.41) is 0. The van der Waals surface area contributed by atoms with Crippen LogP contribution in [0.3, 0.4) is 0 Å². The Bertz CT molecular complexity index is 654. The van der Waals surface area contributed by atoms with Crippen molar-refractivity contribution in [3.63, 3.8) is 0 Å². The number of ether oxygens (including phenoxy) is 1. The molecule has 0 unspecified atom stereocenters. The van der Waals surface area contributed by atoms with E-state index in [-0.39, 0.29) is 23.4 Å². The molecule has 0 amide bonds. The summed E-state index contributed by atoms with van der Waals surface area (Å²) >= 11 is 0. The Hall–Kier alpha value is -2.43. The highest BCUT2D eigenvalue weighted by atomic mass is 19.1. The zero-order valence-electron chi connectivity index (χ0n) is 12.0. The van der Waals surface area contributed by atoms with Gasteiger partial charge in [-0.05, 0) is 31.5 Å². The maximum Gasteiger partial charge on any atom is 0.338 e. The fraction of sp³-hybridized carbons (Fsp3) is 0.250. The second-order valence-electron chi connectivity index (χ2n) is 4.54. The van der Waals surface area contributed by atoms with Gasteiger partial charge in [0.15, 0.2) is 0 Å². The minimum Gasteiger partial charge on any atom is -0.462 e. The SMILES string of the molecule is CCOC(=O)c1cc(N)cc(F)c1-c1ccc(CC)nc1. The van der Waals surface area contributed by atoms with E-state index < -0.39 is 11.8 Å². The second kappa shape index (κ2) is 6.35. The molecule has 2 N–H and O–H groups in total. The molecule has 0 saturated heterocycles. The molecule has 0 aliphatic carbocycles. The van der Waals surface area contributed by atoms with Crippen LogP contribution < -0.4 is 5.73 Å². The molecule has 1 aromatic heterocycles. The summed E-state index contributed by atoms with van der Waals surface area (Å²) in [6, 6.07) is 6.15. The minimum atomic E-state index is -0.599. The first-order chi connectivity index (χ1) is 10.1. The van der Waals surface area contributed by atoms with Gasteiger partial charge in [0.1, 0.15) is 5.82 Å². The van der Waals surface area contributed by atoms with Crippen LogP contribution in [0, 0.1) is 5.82 Å². The van der Waals surface area contributed by atoms with Crippen molar-refractivity contribution >= 4 is 11.7 Å². The number of aromatic nitrogens is 1. The van der Waals surface area contributed by atoms with E-state index in [0.717, 1.165) is 12.1 Å². The minimum absolute atomic E-state index is 0.111. The lowest BCUT2D eigenvalue weighted by Gasteiger charge is -2.11. The topological polar surface area (TPSA) is 65.2 Å². The number of carbonyl (C=O) groups excluding carboxylic acids is 1. The Balaban J connectivity index is 2.57. The lowest BCUT2D eigenvalue weighted by Crippen LogP contribution is -2.09. The third kappa shape index (κ3) is 3.18. The maximum absolute atomic E-state index is 14.3. The monoisotopic (exact) mass is 288 g/mol. The van der Waals surface area contributed by atoms with Crippen molar-refractivity contribution in [2.75, 3.05) is 12.3 Å². The Morgan fingerprint density at radius 1 is 1.33 bits per heavy atom. The van der Waals surface area contributed by atoms with Gasteiger partial charge in [0.25, 0.3) is 0 Å². The highest BCUT2D eigenvalue weighted by Gasteiger charge is 2.19. The Morgan fingerprint density at radius 2 is 2.10 bits per heavy atom. The van der Waals surface area contributed by atoms with Crippen molar-refractivity contribution in [3.8, 4) is 11.1 Å². The summed E-state index contributed by atoms with van der Waals surface area (Å²) < 4.78 is 19.2. The summed E-state index contributed by atoms with van der Waals surface area (Å²) in [7, 11) is 0. The number of hydrogen-bond acceptors (Lipinski definition) is 4. The number of nitrogens with zero attached hydrogens (tertiary/aromatic N) is 1. The molecule has 1 heterocycles. The van der Waals surface area contributed by atoms with Gasteiger partial charge in [-0.15, -0.1) is 0 Å². The van der Waals surface area contributed by atoms with Crippen LogP contribution in [0.2, 0.25) is 0 Å². The van der Waals surface area contributed by atoms with Gasteiger partial charge in [0.05, 0.1) is 12.2 Å². The third-order valence-electron chi connectivity index (χ3n) is 3.08. The molecule has 0 bridgehead atoms. The van der Waals surface area contributed by atoms with E-state index in [9.17, 15) is 9.18 Å². The number of rotatable bonds is 4. The molecule has 21 heavy (non-hydrogen) atoms. The zero-order chi connectivity index (χ0) is 15.4. The molecule has 110 valence electrons. The summed E-state index contributed by atoms with van der Waals surface area (Å²) in [6.07, 6.45) is 2.34. The van der Waals surface area contributed by atoms with Crippen LogP contribution in [-0.2, 0) is 11.2 Å². The van der Waals surface area contributed by atoms with Crippen molar-refractivity contribution in [2.45, 2.75) is 20.3 Å². The molecule has 0 atom stereocenters. The van der Waals surface area contributed by atoms with E-state index in [1.165, 1.54) is 12.1 Å². The fourth-order valence-electron chi connectivity index (χ4n) is 2.07. The van der Waals surface area contributed by atoms with Gasteiger partial charge in [-0.1, -0.05) is 13.0 Å². The largest absolute Gasteiger partial charge is 0.462 e. The highest BCUT2D eigenvalue weighted by Crippen LogP contribution is 2.29. The van der Waals surface area contributed by atoms with Crippen molar-refractivity contribution in [2.24, 2.45) is 0 Å². The van der Waals surface area contributed by atoms with Crippen molar-refractivity contribution in [1.82, 2.24) is 4.98 Å². The molecule has 0 aliphatic heterocycles. The highest BCUT2D eigenvalue weighted by molar-refractivity contribution is 5.98. The van der Waals surface area contributed by atoms with Crippen LogP contribution >= 0.6 is 0 Å². The first-order valence-electron chi connectivity index (χ1n) is 6.78. The number of esters is 1. The Labute approximate surface area is 122 Å². The van der Waals surface area contributed by atoms with E-state index in [1.54, 1.807) is 25.3 Å². The van der Waals surface area contributed by atoms with Crippen LogP contribution in [0.4, 0.5) is 10.1 Å². The first-order valence-corrected chi connectivity index (χ1v) is 6.78. The molecule has 0 radical (unpaired) electrons. The number of anilines is 1. The summed E-state index contributed by atoms with van der Waals surface area (Å²) in [5.41, 5.74) is 7.49. The maximum atomic E-state index is 14.3. The number of aryl methyl sites for hydroxylation is 1. The zero-order valence-corrected chi connectivity index (χ0v) is 12.0. The molecule has 0 saturated carbocycles. The van der Waals surface area contributed by atoms with Gasteiger partial charge < -0.3 is 10.5 Å². The van der Waals surface area contributed by atoms with E-state index in [1.807, 2.05) is 6.92 Å². The van der Waals surface area contributed by atoms with Gasteiger partial charge in [-0.2, -0.15) is 0 Å². The van der Waals surface area contributed by atoms with Gasteiger partial charge in [-0.25, -0.2) is 9.18 Å². The summed E-state index contributed by atoms with van der Waals surface area (Å²) in [4.78, 5) is 16.2. The molecule has 4 nitrogen and oxygen atoms in total. The van der Waals surface area contributed by atoms with Crippen LogP contribution in [0.1, 0.15) is 29.9 Å². The molecule has 5 heteroatoms. The molecular formula is C16H17FN2O2. The van der Waals surface area contributed by atoms with Crippen molar-refractivity contribution in [1.29, 1.82) is 0 Å². The normalized spacial score (nSPS) is 10.4. The van der Waals surface area contributed by atoms with Crippen molar-refractivity contribution in [3.05, 3.63) is 47.5 Å². The third-order valence-corrected chi connectivity index (χ3v) is 3.08. The van der Waals surface area contributed by atoms with Crippen LogP contribution in [-0.4, -0.2) is 17.6 Å². The lowest BCUT2D eigenvalue weighted by atomic mass is 9.99. The fourth-order valence-corrected chi connectivity index (χ4v) is 2.07. The first kappa shape index (κ1) is 15.0. The molecule has 0 spiro atoms. The molecule has 0 fully saturated rings. The van der Waals surface area contributed by atoms with Gasteiger partial charge >= 0.3 is 5.97 Å². The average Bonchev–Trinajstić information content (AvgIpc) is 2.47. The quantitative estimate of drug-likeness (QED) is 0.693. The smallest absolute Gasteiger partial charge is 0.338 e. The van der Waals surface area contributed by atoms with E-state index in [0.29, 0.717) is 5.56 Å². The van der Waals surface area contributed by atoms with E-state index in [4.69, 9.17) is 10.5 Å². The standard InChI is InChI=1S/C16H17FN2O2/c1-3-12-6-5-10(9-19-12)15-13(16(20)21-4-2)7-11(18)8-14(15)17/h5-9H,3-4,18H2,1-2H3. The van der Waals surface area contributed by atoms with E-state index in [2.05, 4.69) is 4.98 Å². The van der Waals surface area contributed by atoms with Crippen LogP contribution in [0.25, 0.3) is 11.1 Å².